The van der Waals surface area contributed by atoms with Gasteiger partial charge in [0.15, 0.2) is 12.4 Å². The van der Waals surface area contributed by atoms with Gasteiger partial charge in [0, 0.05) is 6.92 Å². The number of aliphatic hydroxyl groups is 3. The van der Waals surface area contributed by atoms with Gasteiger partial charge in [-0.2, -0.15) is 0 Å². The molecule has 3 unspecified atom stereocenters. The lowest BCUT2D eigenvalue weighted by molar-refractivity contribution is -0.279. The smallest absolute Gasteiger partial charge is 0.332 e. The zero-order valence-electron chi connectivity index (χ0n) is 11.1. The first-order valence-electron chi connectivity index (χ1n) is 6.05. The van der Waals surface area contributed by atoms with Crippen LogP contribution >= 0.6 is 0 Å². The molecule has 1 aliphatic heterocycles. The Bertz CT molecular complexity index is 362. The summed E-state index contributed by atoms with van der Waals surface area (Å²) in [6.07, 6.45) is -6.59. The number of carboxylic acids is 1. The number of carbonyl (C=O) groups is 2. The minimum absolute atomic E-state index is 0.510. The summed E-state index contributed by atoms with van der Waals surface area (Å²) in [5, 5.41) is 39.8. The summed E-state index contributed by atoms with van der Waals surface area (Å²) in [6.45, 7) is 1.85. The Morgan fingerprint density at radius 2 is 1.95 bits per heavy atom. The quantitative estimate of drug-likeness (QED) is 0.371. The van der Waals surface area contributed by atoms with Crippen molar-refractivity contribution in [1.82, 2.24) is 5.32 Å². The molecule has 1 heterocycles. The van der Waals surface area contributed by atoms with Crippen molar-refractivity contribution in [1.29, 1.82) is 0 Å². The molecule has 1 aliphatic rings. The van der Waals surface area contributed by atoms with Crippen LogP contribution in [0.4, 0.5) is 0 Å². The SMILES string of the molecule is CC(=O)NC1C(O[C@@H](C)C(=O)O)OC(CO)[C@@H](O)[C@@H]1O. The Morgan fingerprint density at radius 1 is 1.35 bits per heavy atom. The van der Waals surface area contributed by atoms with Crippen LogP contribution in [0.2, 0.25) is 0 Å². The predicted octanol–water partition coefficient (Wildman–Crippen LogP) is -2.58. The minimum atomic E-state index is -1.46. The maximum atomic E-state index is 11.1. The van der Waals surface area contributed by atoms with E-state index in [4.69, 9.17) is 19.7 Å². The van der Waals surface area contributed by atoms with E-state index in [0.29, 0.717) is 0 Å². The van der Waals surface area contributed by atoms with Crippen molar-refractivity contribution < 1.29 is 39.5 Å². The number of rotatable bonds is 5. The van der Waals surface area contributed by atoms with Crippen molar-refractivity contribution >= 4 is 11.9 Å². The molecule has 20 heavy (non-hydrogen) atoms. The Hall–Kier alpha value is -1.26. The third-order valence-electron chi connectivity index (χ3n) is 2.94. The highest BCUT2D eigenvalue weighted by molar-refractivity contribution is 5.73. The molecule has 0 saturated carbocycles. The van der Waals surface area contributed by atoms with E-state index in [1.54, 1.807) is 0 Å². The van der Waals surface area contributed by atoms with Crippen molar-refractivity contribution in [3.63, 3.8) is 0 Å². The van der Waals surface area contributed by atoms with Crippen molar-refractivity contribution in [3.05, 3.63) is 0 Å². The molecule has 1 fully saturated rings. The molecule has 0 aromatic heterocycles. The van der Waals surface area contributed by atoms with E-state index in [-0.39, 0.29) is 0 Å². The first-order chi connectivity index (χ1) is 9.27. The zero-order valence-corrected chi connectivity index (χ0v) is 11.1. The number of amides is 1. The van der Waals surface area contributed by atoms with Crippen LogP contribution in [-0.2, 0) is 19.1 Å². The fourth-order valence-electron chi connectivity index (χ4n) is 1.85. The Labute approximate surface area is 115 Å². The van der Waals surface area contributed by atoms with Crippen LogP contribution in [0.15, 0.2) is 0 Å². The van der Waals surface area contributed by atoms with Gasteiger partial charge in [0.25, 0.3) is 0 Å². The summed E-state index contributed by atoms with van der Waals surface area (Å²) in [4.78, 5) is 21.9. The van der Waals surface area contributed by atoms with Gasteiger partial charge in [-0.1, -0.05) is 0 Å². The predicted molar refractivity (Wildman–Crippen MR) is 63.5 cm³/mol. The maximum absolute atomic E-state index is 11.1. The molecule has 9 heteroatoms. The number of carboxylic acid groups (broad SMARTS) is 1. The van der Waals surface area contributed by atoms with Crippen molar-refractivity contribution in [2.75, 3.05) is 6.61 Å². The molecule has 0 aromatic carbocycles. The number of carbonyl (C=O) groups excluding carboxylic acids is 1. The molecular formula is C11H19NO8. The Kier molecular flexibility index (Phi) is 5.84. The molecule has 0 spiro atoms. The molecule has 0 aliphatic carbocycles. The standard InChI is InChI=1S/C11H19NO8/c1-4(10(17)18)19-11-7(12-5(2)14)9(16)8(15)6(3-13)20-11/h4,6-9,11,13,15-16H,3H2,1-2H3,(H,12,14)(H,17,18)/t4-,6?,7?,8+,9+,11?/m0/s1. The fourth-order valence-corrected chi connectivity index (χ4v) is 1.85. The second-order valence-electron chi connectivity index (χ2n) is 4.55. The van der Waals surface area contributed by atoms with Crippen molar-refractivity contribution in [2.24, 2.45) is 0 Å². The number of hydrogen-bond donors (Lipinski definition) is 5. The average Bonchev–Trinajstić information content (AvgIpc) is 2.37. The zero-order chi connectivity index (χ0) is 15.4. The number of aliphatic hydroxyl groups excluding tert-OH is 3. The van der Waals surface area contributed by atoms with Crippen LogP contribution in [-0.4, -0.2) is 75.7 Å². The molecule has 5 N–H and O–H groups in total. The minimum Gasteiger partial charge on any atom is -0.479 e. The van der Waals surface area contributed by atoms with Gasteiger partial charge < -0.3 is 35.2 Å². The summed E-state index contributed by atoms with van der Waals surface area (Å²) in [5.74, 6) is -1.76. The van der Waals surface area contributed by atoms with Gasteiger partial charge >= 0.3 is 5.97 Å². The Morgan fingerprint density at radius 3 is 2.40 bits per heavy atom. The van der Waals surface area contributed by atoms with E-state index in [0.717, 1.165) is 0 Å². The molecule has 0 bridgehead atoms. The van der Waals surface area contributed by atoms with Gasteiger partial charge in [-0.25, -0.2) is 4.79 Å². The van der Waals surface area contributed by atoms with Crippen LogP contribution in [0.25, 0.3) is 0 Å². The molecule has 0 aromatic rings. The number of aliphatic carboxylic acids is 1. The highest BCUT2D eigenvalue weighted by Gasteiger charge is 2.46. The average molecular weight is 293 g/mol. The van der Waals surface area contributed by atoms with E-state index in [9.17, 15) is 19.8 Å². The van der Waals surface area contributed by atoms with E-state index in [1.807, 2.05) is 0 Å². The van der Waals surface area contributed by atoms with Crippen LogP contribution in [0.3, 0.4) is 0 Å². The molecule has 1 amide bonds. The molecule has 0 radical (unpaired) electrons. The third kappa shape index (κ3) is 3.87. The molecule has 116 valence electrons. The van der Waals surface area contributed by atoms with E-state index in [1.165, 1.54) is 13.8 Å². The highest BCUT2D eigenvalue weighted by Crippen LogP contribution is 2.23. The highest BCUT2D eigenvalue weighted by atomic mass is 16.7. The maximum Gasteiger partial charge on any atom is 0.332 e. The third-order valence-corrected chi connectivity index (χ3v) is 2.94. The summed E-state index contributed by atoms with van der Waals surface area (Å²) in [5.41, 5.74) is 0. The fraction of sp³-hybridized carbons (Fsp3) is 0.818. The molecule has 1 rings (SSSR count). The number of nitrogens with one attached hydrogen (secondary N) is 1. The number of ether oxygens (including phenoxy) is 2. The topological polar surface area (TPSA) is 146 Å². The summed E-state index contributed by atoms with van der Waals surface area (Å²) >= 11 is 0. The molecule has 6 atom stereocenters. The van der Waals surface area contributed by atoms with Gasteiger partial charge in [0.05, 0.1) is 6.61 Å². The van der Waals surface area contributed by atoms with Gasteiger partial charge in [-0.3, -0.25) is 4.79 Å². The molecule has 9 nitrogen and oxygen atoms in total. The Balaban J connectivity index is 2.88. The number of hydrogen-bond acceptors (Lipinski definition) is 7. The van der Waals surface area contributed by atoms with E-state index >= 15 is 0 Å². The van der Waals surface area contributed by atoms with Crippen LogP contribution in [0, 0.1) is 0 Å². The normalized spacial score (nSPS) is 35.4. The lowest BCUT2D eigenvalue weighted by atomic mass is 9.97. The van der Waals surface area contributed by atoms with Crippen LogP contribution < -0.4 is 5.32 Å². The van der Waals surface area contributed by atoms with Crippen molar-refractivity contribution in [2.45, 2.75) is 50.6 Å². The van der Waals surface area contributed by atoms with Crippen LogP contribution in [0.5, 0.6) is 0 Å². The van der Waals surface area contributed by atoms with Crippen LogP contribution in [0.1, 0.15) is 13.8 Å². The second kappa shape index (κ2) is 6.95. The summed E-state index contributed by atoms with van der Waals surface area (Å²) < 4.78 is 10.3. The van der Waals surface area contributed by atoms with Gasteiger partial charge in [-0.05, 0) is 6.92 Å². The lowest BCUT2D eigenvalue weighted by Crippen LogP contribution is -2.65. The van der Waals surface area contributed by atoms with Gasteiger partial charge in [0.1, 0.15) is 24.4 Å². The summed E-state index contributed by atoms with van der Waals surface area (Å²) in [6, 6.07) is -1.15. The first kappa shape index (κ1) is 16.8. The second-order valence-corrected chi connectivity index (χ2v) is 4.55. The van der Waals surface area contributed by atoms with E-state index < -0.39 is 55.2 Å². The molecular weight excluding hydrogens is 274 g/mol. The monoisotopic (exact) mass is 293 g/mol. The van der Waals surface area contributed by atoms with Gasteiger partial charge in [0.2, 0.25) is 5.91 Å². The molecule has 1 saturated heterocycles. The lowest BCUT2D eigenvalue weighted by Gasteiger charge is -2.42. The first-order valence-corrected chi connectivity index (χ1v) is 6.05. The van der Waals surface area contributed by atoms with E-state index in [2.05, 4.69) is 5.32 Å². The van der Waals surface area contributed by atoms with Gasteiger partial charge in [-0.15, -0.1) is 0 Å². The largest absolute Gasteiger partial charge is 0.479 e. The van der Waals surface area contributed by atoms with Crippen molar-refractivity contribution in [3.8, 4) is 0 Å². The summed E-state index contributed by atoms with van der Waals surface area (Å²) in [7, 11) is 0.